The summed E-state index contributed by atoms with van der Waals surface area (Å²) in [5.41, 5.74) is 2.82. The number of halogens is 1. The van der Waals surface area contributed by atoms with Crippen molar-refractivity contribution in [2.45, 2.75) is 31.1 Å². The Labute approximate surface area is 89.6 Å². The van der Waals surface area contributed by atoms with Crippen LogP contribution in [0.25, 0.3) is 0 Å². The van der Waals surface area contributed by atoms with Gasteiger partial charge in [-0.1, -0.05) is 11.6 Å². The van der Waals surface area contributed by atoms with Gasteiger partial charge in [-0.25, -0.2) is 0 Å². The molecule has 0 aromatic carbocycles. The molecule has 76 valence electrons. The lowest BCUT2D eigenvalue weighted by Crippen LogP contribution is -1.86. The maximum atomic E-state index is 6.00. The Kier molecular flexibility index (Phi) is 2.92. The maximum absolute atomic E-state index is 6.00. The molecule has 1 aliphatic carbocycles. The predicted octanol–water partition coefficient (Wildman–Crippen LogP) is 2.68. The van der Waals surface area contributed by atoms with Gasteiger partial charge in [-0.2, -0.15) is 5.10 Å². The van der Waals surface area contributed by atoms with Crippen molar-refractivity contribution < 1.29 is 0 Å². The van der Waals surface area contributed by atoms with E-state index in [9.17, 15) is 0 Å². The normalized spacial score (nSPS) is 21.3. The largest absolute Gasteiger partial charge is 0.276 e. The summed E-state index contributed by atoms with van der Waals surface area (Å²) in [5, 5.41) is 4.42. The Morgan fingerprint density at radius 2 is 2.43 bits per heavy atom. The molecule has 2 nitrogen and oxygen atoms in total. The molecule has 0 fully saturated rings. The van der Waals surface area contributed by atoms with Crippen molar-refractivity contribution in [2.75, 3.05) is 0 Å². The van der Waals surface area contributed by atoms with Gasteiger partial charge in [0.05, 0.1) is 11.6 Å². The van der Waals surface area contributed by atoms with Gasteiger partial charge < -0.3 is 0 Å². The molecule has 0 saturated carbocycles. The first-order valence-corrected chi connectivity index (χ1v) is 5.49. The summed E-state index contributed by atoms with van der Waals surface area (Å²) >= 11 is 6.00. The van der Waals surface area contributed by atoms with E-state index in [2.05, 4.69) is 17.4 Å². The molecule has 0 radical (unpaired) electrons. The number of nitrogens with zero attached hydrogens (tertiary/aromatic N) is 2. The molecular weight excluding hydrogens is 196 g/mol. The van der Waals surface area contributed by atoms with Crippen LogP contribution in [0.3, 0.4) is 0 Å². The third kappa shape index (κ3) is 2.38. The second-order valence-corrected chi connectivity index (χ2v) is 4.46. The van der Waals surface area contributed by atoms with E-state index in [1.54, 1.807) is 0 Å². The van der Waals surface area contributed by atoms with E-state index in [0.29, 0.717) is 0 Å². The topological polar surface area (TPSA) is 17.8 Å². The second-order valence-electron chi connectivity index (χ2n) is 3.90. The zero-order chi connectivity index (χ0) is 9.97. The number of aromatic nitrogens is 2. The Morgan fingerprint density at radius 1 is 1.57 bits per heavy atom. The van der Waals surface area contributed by atoms with Crippen LogP contribution in [0, 0.1) is 0 Å². The highest BCUT2D eigenvalue weighted by Crippen LogP contribution is 2.25. The van der Waals surface area contributed by atoms with E-state index in [1.165, 1.54) is 17.6 Å². The maximum Gasteiger partial charge on any atom is 0.0521 e. The molecular formula is C11H15ClN2. The quantitative estimate of drug-likeness (QED) is 0.554. The minimum Gasteiger partial charge on any atom is -0.276 e. The Hall–Kier alpha value is -0.760. The Balaban J connectivity index is 1.86. The van der Waals surface area contributed by atoms with Crippen molar-refractivity contribution in [3.8, 4) is 0 Å². The first-order chi connectivity index (χ1) is 6.74. The Morgan fingerprint density at radius 3 is 3.00 bits per heavy atom. The zero-order valence-corrected chi connectivity index (χ0v) is 9.17. The van der Waals surface area contributed by atoms with E-state index in [-0.39, 0.29) is 5.38 Å². The standard InChI is InChI=1S/C11H15ClN2/c1-14-8-10(7-13-14)3-2-9-4-5-11(12)6-9/h6-8,11H,2-5H2,1H3. The molecule has 1 aromatic heterocycles. The zero-order valence-electron chi connectivity index (χ0n) is 8.41. The number of hydrogen-bond acceptors (Lipinski definition) is 1. The molecule has 0 N–H and O–H groups in total. The first kappa shape index (κ1) is 9.78. The van der Waals surface area contributed by atoms with Gasteiger partial charge in [0.15, 0.2) is 0 Å². The summed E-state index contributed by atoms with van der Waals surface area (Å²) in [5.74, 6) is 0. The molecule has 2 rings (SSSR count). The summed E-state index contributed by atoms with van der Waals surface area (Å²) in [6.07, 6.45) is 10.7. The molecule has 0 spiro atoms. The lowest BCUT2D eigenvalue weighted by atomic mass is 10.1. The fourth-order valence-electron chi connectivity index (χ4n) is 1.86. The molecule has 0 amide bonds. The second kappa shape index (κ2) is 4.18. The summed E-state index contributed by atoms with van der Waals surface area (Å²) in [7, 11) is 1.95. The van der Waals surface area contributed by atoms with Crippen LogP contribution in [0.2, 0.25) is 0 Å². The van der Waals surface area contributed by atoms with Crippen molar-refractivity contribution in [3.05, 3.63) is 29.6 Å². The SMILES string of the molecule is Cn1cc(CCC2=CC(Cl)CC2)cn1. The number of alkyl halides is 1. The molecule has 14 heavy (non-hydrogen) atoms. The number of allylic oxidation sites excluding steroid dienone is 2. The van der Waals surface area contributed by atoms with Gasteiger partial charge in [0.1, 0.15) is 0 Å². The van der Waals surface area contributed by atoms with E-state index >= 15 is 0 Å². The van der Waals surface area contributed by atoms with E-state index in [4.69, 9.17) is 11.6 Å². The minimum absolute atomic E-state index is 0.277. The average Bonchev–Trinajstić information content (AvgIpc) is 2.72. The summed E-state index contributed by atoms with van der Waals surface area (Å²) in [4.78, 5) is 0. The summed E-state index contributed by atoms with van der Waals surface area (Å²) < 4.78 is 1.85. The van der Waals surface area contributed by atoms with Crippen LogP contribution in [0.15, 0.2) is 24.0 Å². The fraction of sp³-hybridized carbons (Fsp3) is 0.545. The van der Waals surface area contributed by atoms with E-state index < -0.39 is 0 Å². The number of hydrogen-bond donors (Lipinski definition) is 0. The van der Waals surface area contributed by atoms with Gasteiger partial charge in [0.2, 0.25) is 0 Å². The molecule has 1 aromatic rings. The van der Waals surface area contributed by atoms with Crippen molar-refractivity contribution in [3.63, 3.8) is 0 Å². The highest BCUT2D eigenvalue weighted by molar-refractivity contribution is 6.22. The molecule has 1 heterocycles. The monoisotopic (exact) mass is 210 g/mol. The van der Waals surface area contributed by atoms with Gasteiger partial charge in [-0.15, -0.1) is 11.6 Å². The van der Waals surface area contributed by atoms with Crippen LogP contribution in [-0.4, -0.2) is 15.2 Å². The highest BCUT2D eigenvalue weighted by atomic mass is 35.5. The lowest BCUT2D eigenvalue weighted by Gasteiger charge is -1.98. The van der Waals surface area contributed by atoms with E-state index in [0.717, 1.165) is 19.3 Å². The van der Waals surface area contributed by atoms with Gasteiger partial charge in [0.25, 0.3) is 0 Å². The van der Waals surface area contributed by atoms with Crippen LogP contribution in [0.5, 0.6) is 0 Å². The van der Waals surface area contributed by atoms with Crippen LogP contribution in [0.4, 0.5) is 0 Å². The van der Waals surface area contributed by atoms with Crippen LogP contribution < -0.4 is 0 Å². The average molecular weight is 211 g/mol. The summed E-state index contributed by atoms with van der Waals surface area (Å²) in [6, 6.07) is 0. The van der Waals surface area contributed by atoms with Crippen LogP contribution in [0.1, 0.15) is 24.8 Å². The smallest absolute Gasteiger partial charge is 0.0521 e. The number of rotatable bonds is 3. The van der Waals surface area contributed by atoms with Gasteiger partial charge >= 0.3 is 0 Å². The van der Waals surface area contributed by atoms with E-state index in [1.807, 2.05) is 17.9 Å². The molecule has 0 saturated heterocycles. The molecule has 1 unspecified atom stereocenters. The number of aryl methyl sites for hydroxylation is 2. The third-order valence-corrected chi connectivity index (χ3v) is 3.00. The predicted molar refractivity (Wildman–Crippen MR) is 58.5 cm³/mol. The van der Waals surface area contributed by atoms with Gasteiger partial charge in [-0.3, -0.25) is 4.68 Å². The first-order valence-electron chi connectivity index (χ1n) is 5.05. The van der Waals surface area contributed by atoms with Crippen molar-refractivity contribution >= 4 is 11.6 Å². The lowest BCUT2D eigenvalue weighted by molar-refractivity contribution is 0.766. The van der Waals surface area contributed by atoms with Crippen molar-refractivity contribution in [1.29, 1.82) is 0 Å². The van der Waals surface area contributed by atoms with Crippen molar-refractivity contribution in [2.24, 2.45) is 7.05 Å². The van der Waals surface area contributed by atoms with Gasteiger partial charge in [-0.05, 0) is 31.2 Å². The van der Waals surface area contributed by atoms with Crippen LogP contribution in [-0.2, 0) is 13.5 Å². The summed E-state index contributed by atoms with van der Waals surface area (Å²) in [6.45, 7) is 0. The molecule has 1 aliphatic rings. The molecule has 3 heteroatoms. The van der Waals surface area contributed by atoms with Gasteiger partial charge in [0, 0.05) is 13.2 Å². The van der Waals surface area contributed by atoms with Crippen molar-refractivity contribution in [1.82, 2.24) is 9.78 Å². The molecule has 1 atom stereocenters. The third-order valence-electron chi connectivity index (χ3n) is 2.65. The van der Waals surface area contributed by atoms with Crippen LogP contribution >= 0.6 is 11.6 Å². The molecule has 0 aliphatic heterocycles. The minimum atomic E-state index is 0.277. The molecule has 0 bridgehead atoms. The Bertz CT molecular complexity index is 341. The fourth-order valence-corrected chi connectivity index (χ4v) is 2.15. The highest BCUT2D eigenvalue weighted by Gasteiger charge is 2.12.